The van der Waals surface area contributed by atoms with Crippen LogP contribution in [0, 0.1) is 28.1 Å². The summed E-state index contributed by atoms with van der Waals surface area (Å²) in [5, 5.41) is 10.4. The topological polar surface area (TPSA) is 183 Å². The molecule has 3 rings (SSSR count). The number of urea groups is 1. The Kier molecular flexibility index (Phi) is 12.2. The zero-order valence-corrected chi connectivity index (χ0v) is 31.0. The Morgan fingerprint density at radius 3 is 2.21 bits per heavy atom. The number of rotatable bonds is 13. The van der Waals surface area contributed by atoms with E-state index in [1.165, 1.54) is 11.0 Å². The van der Waals surface area contributed by atoms with Gasteiger partial charge in [0, 0.05) is 25.7 Å². The fraction of sp³-hybridized carbons (Fsp3) is 0.794. The van der Waals surface area contributed by atoms with Crippen molar-refractivity contribution in [1.82, 2.24) is 30.9 Å². The van der Waals surface area contributed by atoms with Gasteiger partial charge in [-0.2, -0.15) is 0 Å². The van der Waals surface area contributed by atoms with Crippen LogP contribution in [-0.4, -0.2) is 91.9 Å². The number of piperidine rings is 1. The number of sulfonamides is 1. The van der Waals surface area contributed by atoms with Gasteiger partial charge in [0.15, 0.2) is 0 Å². The summed E-state index contributed by atoms with van der Waals surface area (Å²) >= 11 is 0. The van der Waals surface area contributed by atoms with E-state index in [-0.39, 0.29) is 36.6 Å². The Hall–Kier alpha value is -3.00. The molecule has 7 atom stereocenters. The van der Waals surface area contributed by atoms with Gasteiger partial charge in [-0.1, -0.05) is 74.8 Å². The molecule has 2 unspecified atom stereocenters. The van der Waals surface area contributed by atoms with Crippen LogP contribution in [0.1, 0.15) is 94.4 Å². The van der Waals surface area contributed by atoms with Gasteiger partial charge in [-0.25, -0.2) is 17.9 Å². The summed E-state index contributed by atoms with van der Waals surface area (Å²) < 4.78 is 28.0. The average molecular weight is 695 g/mol. The smallest absolute Gasteiger partial charge is 0.315 e. The standard InChI is InChI=1S/C34H58N6O7S/c1-11-14-22(26(41)29(43)35-16-12-2)37-28(42)25-24-21(34(24,9)10)19-40(25)30(44)27(33(6,7)8)39-31(45)38-23(32(3,4)5)18-20-15-13-17-36-48(20,46)47/h12,20-25,27,36H,2,11,13-19H2,1,3-10H3,(H,35,43)(H,37,42)(H2,38,39,45)/t20?,21-,22?,23+,24-,25-,27+/m0/s1. The van der Waals surface area contributed by atoms with Crippen LogP contribution in [0.2, 0.25) is 0 Å². The third-order valence-electron chi connectivity index (χ3n) is 10.3. The number of carbonyl (C=O) groups is 5. The Balaban J connectivity index is 1.82. The fourth-order valence-corrected chi connectivity index (χ4v) is 8.72. The van der Waals surface area contributed by atoms with Crippen molar-refractivity contribution in [2.45, 2.75) is 124 Å². The average Bonchev–Trinajstić information content (AvgIpc) is 3.28. The second kappa shape index (κ2) is 14.9. The molecule has 48 heavy (non-hydrogen) atoms. The Morgan fingerprint density at radius 2 is 1.67 bits per heavy atom. The third-order valence-corrected chi connectivity index (χ3v) is 12.2. The van der Waals surface area contributed by atoms with Crippen molar-refractivity contribution in [3.8, 4) is 0 Å². The molecule has 5 N–H and O–H groups in total. The maximum Gasteiger partial charge on any atom is 0.315 e. The third kappa shape index (κ3) is 8.96. The molecule has 0 aromatic rings. The first-order valence-electron chi connectivity index (χ1n) is 17.2. The lowest BCUT2D eigenvalue weighted by Crippen LogP contribution is -2.62. The molecule has 3 fully saturated rings. The first-order chi connectivity index (χ1) is 22.1. The zero-order valence-electron chi connectivity index (χ0n) is 30.2. The Bertz CT molecular complexity index is 1370. The molecule has 14 heteroatoms. The van der Waals surface area contributed by atoms with Crippen LogP contribution >= 0.6 is 0 Å². The number of likely N-dealkylation sites (tertiary alicyclic amines) is 1. The summed E-state index contributed by atoms with van der Waals surface area (Å²) in [4.78, 5) is 68.8. The highest BCUT2D eigenvalue weighted by molar-refractivity contribution is 7.90. The van der Waals surface area contributed by atoms with E-state index in [9.17, 15) is 32.4 Å². The van der Waals surface area contributed by atoms with Gasteiger partial charge in [-0.3, -0.25) is 19.2 Å². The van der Waals surface area contributed by atoms with Crippen molar-refractivity contribution in [3.63, 3.8) is 0 Å². The summed E-state index contributed by atoms with van der Waals surface area (Å²) in [5.74, 6) is -2.60. The Morgan fingerprint density at radius 1 is 1.02 bits per heavy atom. The molecule has 0 aromatic heterocycles. The first-order valence-corrected chi connectivity index (χ1v) is 18.7. The molecule has 0 spiro atoms. The van der Waals surface area contributed by atoms with Crippen molar-refractivity contribution in [2.75, 3.05) is 19.6 Å². The number of hydrogen-bond acceptors (Lipinski definition) is 7. The lowest BCUT2D eigenvalue weighted by atomic mass is 9.83. The van der Waals surface area contributed by atoms with Crippen LogP contribution < -0.4 is 26.0 Å². The van der Waals surface area contributed by atoms with Crippen LogP contribution in [0.5, 0.6) is 0 Å². The van der Waals surface area contributed by atoms with Gasteiger partial charge < -0.3 is 26.2 Å². The molecule has 13 nitrogen and oxygen atoms in total. The molecule has 2 aliphatic heterocycles. The predicted molar refractivity (Wildman–Crippen MR) is 184 cm³/mol. The number of fused-ring (bicyclic) bond motifs is 1. The van der Waals surface area contributed by atoms with Gasteiger partial charge in [-0.05, 0) is 53.8 Å². The van der Waals surface area contributed by atoms with Crippen LogP contribution in [0.3, 0.4) is 0 Å². The lowest BCUT2D eigenvalue weighted by Gasteiger charge is -2.39. The highest BCUT2D eigenvalue weighted by Gasteiger charge is 2.70. The minimum Gasteiger partial charge on any atom is -0.346 e. The fourth-order valence-electron chi connectivity index (χ4n) is 7.14. The van der Waals surface area contributed by atoms with Crippen LogP contribution in [0.4, 0.5) is 4.79 Å². The molecule has 5 amide bonds. The molecule has 1 saturated carbocycles. The summed E-state index contributed by atoms with van der Waals surface area (Å²) in [7, 11) is -3.51. The SMILES string of the molecule is C=CCNC(=O)C(=O)C(CCC)NC(=O)[C@@H]1[C@@H]2[C@H](CN1C(=O)[C@@H](NC(=O)N[C@H](CC1CCCNS1(=O)=O)C(C)(C)C)C(C)(C)C)C2(C)C. The van der Waals surface area contributed by atoms with Gasteiger partial charge in [0.2, 0.25) is 27.6 Å². The minimum atomic E-state index is -3.51. The van der Waals surface area contributed by atoms with Crippen LogP contribution in [0.15, 0.2) is 12.7 Å². The number of ketones is 1. The van der Waals surface area contributed by atoms with Crippen molar-refractivity contribution in [2.24, 2.45) is 28.1 Å². The van der Waals surface area contributed by atoms with Gasteiger partial charge in [-0.15, -0.1) is 6.58 Å². The number of hydrogen-bond donors (Lipinski definition) is 5. The predicted octanol–water partition coefficient (Wildman–Crippen LogP) is 2.23. The minimum absolute atomic E-state index is 0.0548. The maximum atomic E-state index is 14.4. The largest absolute Gasteiger partial charge is 0.346 e. The second-order valence-corrected chi connectivity index (χ2v) is 18.4. The molecule has 3 aliphatic rings. The van der Waals surface area contributed by atoms with E-state index < -0.39 is 79.8 Å². The maximum absolute atomic E-state index is 14.4. The van der Waals surface area contributed by atoms with Crippen molar-refractivity contribution in [3.05, 3.63) is 12.7 Å². The Labute approximate surface area is 286 Å². The second-order valence-electron chi connectivity index (χ2n) is 16.4. The van der Waals surface area contributed by atoms with Gasteiger partial charge in [0.05, 0.1) is 11.3 Å². The molecule has 0 radical (unpaired) electrons. The number of nitrogens with one attached hydrogen (secondary N) is 5. The summed E-state index contributed by atoms with van der Waals surface area (Å²) in [5.41, 5.74) is -1.44. The molecule has 2 heterocycles. The van der Waals surface area contributed by atoms with E-state index in [0.29, 0.717) is 32.4 Å². The highest BCUT2D eigenvalue weighted by Crippen LogP contribution is 2.65. The van der Waals surface area contributed by atoms with Crippen LogP contribution in [-0.2, 0) is 29.2 Å². The van der Waals surface area contributed by atoms with E-state index in [2.05, 4.69) is 32.6 Å². The normalized spacial score (nSPS) is 26.2. The molecule has 272 valence electrons. The van der Waals surface area contributed by atoms with Crippen molar-refractivity contribution in [1.29, 1.82) is 0 Å². The van der Waals surface area contributed by atoms with E-state index in [0.717, 1.165) is 0 Å². The molecule has 2 saturated heterocycles. The quantitative estimate of drug-likeness (QED) is 0.145. The molecule has 0 aromatic carbocycles. The number of nitrogens with zero attached hydrogens (tertiary/aromatic N) is 1. The number of carbonyl (C=O) groups excluding carboxylic acids is 5. The van der Waals surface area contributed by atoms with E-state index in [1.54, 1.807) is 0 Å². The molecular formula is C34H58N6O7S. The van der Waals surface area contributed by atoms with Crippen molar-refractivity contribution >= 4 is 39.6 Å². The molecular weight excluding hydrogens is 636 g/mol. The first kappa shape index (κ1) is 39.4. The summed E-state index contributed by atoms with van der Waals surface area (Å²) in [6.45, 7) is 21.6. The van der Waals surface area contributed by atoms with Crippen molar-refractivity contribution < 1.29 is 32.4 Å². The lowest BCUT2D eigenvalue weighted by molar-refractivity contribution is -0.145. The summed E-state index contributed by atoms with van der Waals surface area (Å²) in [6.07, 6.45) is 3.68. The van der Waals surface area contributed by atoms with E-state index >= 15 is 0 Å². The molecule has 0 bridgehead atoms. The van der Waals surface area contributed by atoms with Crippen LogP contribution in [0.25, 0.3) is 0 Å². The monoisotopic (exact) mass is 694 g/mol. The van der Waals surface area contributed by atoms with Gasteiger partial charge >= 0.3 is 6.03 Å². The zero-order chi connectivity index (χ0) is 36.4. The van der Waals surface area contributed by atoms with Gasteiger partial charge in [0.25, 0.3) is 5.91 Å². The number of Topliss-reactive ketones (excluding diaryl/α,β-unsaturated/α-hetero) is 1. The summed E-state index contributed by atoms with van der Waals surface area (Å²) in [6, 6.07) is -4.07. The van der Waals surface area contributed by atoms with Gasteiger partial charge in [0.1, 0.15) is 12.1 Å². The van der Waals surface area contributed by atoms with E-state index in [1.807, 2.05) is 62.3 Å². The van der Waals surface area contributed by atoms with E-state index in [4.69, 9.17) is 0 Å². The highest BCUT2D eigenvalue weighted by atomic mass is 32.2. The number of amides is 5. The molecule has 1 aliphatic carbocycles.